The van der Waals surface area contributed by atoms with Gasteiger partial charge in [-0.25, -0.2) is 9.59 Å². The standard InChI is InChI=1S/C12H17NO6/c1-17-6-5-13-10(14)4-3-8-9(7-18-2)12(16)19-11(8)15/h3-7H2,1-2H3,(H,13,14). The Morgan fingerprint density at radius 2 is 1.84 bits per heavy atom. The summed E-state index contributed by atoms with van der Waals surface area (Å²) in [5.74, 6) is -1.60. The van der Waals surface area contributed by atoms with Crippen LogP contribution in [-0.2, 0) is 28.6 Å². The van der Waals surface area contributed by atoms with Crippen LogP contribution in [0.3, 0.4) is 0 Å². The van der Waals surface area contributed by atoms with Gasteiger partial charge < -0.3 is 19.5 Å². The molecule has 0 saturated carbocycles. The monoisotopic (exact) mass is 271 g/mol. The van der Waals surface area contributed by atoms with Crippen molar-refractivity contribution < 1.29 is 28.6 Å². The van der Waals surface area contributed by atoms with E-state index in [4.69, 9.17) is 9.47 Å². The molecular formula is C12H17NO6. The molecule has 7 heteroatoms. The molecule has 0 aromatic heterocycles. The lowest BCUT2D eigenvalue weighted by Gasteiger charge is -2.04. The molecule has 1 N–H and O–H groups in total. The highest BCUT2D eigenvalue weighted by atomic mass is 16.6. The van der Waals surface area contributed by atoms with Gasteiger partial charge in [-0.1, -0.05) is 0 Å². The first kappa shape index (κ1) is 15.3. The Hall–Kier alpha value is -1.73. The fraction of sp³-hybridized carbons (Fsp3) is 0.583. The van der Waals surface area contributed by atoms with Crippen molar-refractivity contribution in [2.24, 2.45) is 0 Å². The van der Waals surface area contributed by atoms with Crippen molar-refractivity contribution in [3.8, 4) is 0 Å². The van der Waals surface area contributed by atoms with Crippen molar-refractivity contribution in [3.63, 3.8) is 0 Å². The van der Waals surface area contributed by atoms with E-state index in [1.165, 1.54) is 14.2 Å². The molecule has 19 heavy (non-hydrogen) atoms. The Labute approximate surface area is 110 Å². The zero-order valence-electron chi connectivity index (χ0n) is 11.0. The van der Waals surface area contributed by atoms with Gasteiger partial charge in [0.15, 0.2) is 0 Å². The molecule has 1 aliphatic rings. The predicted octanol–water partition coefficient (Wildman–Crippen LogP) is -0.444. The Kier molecular flexibility index (Phi) is 6.17. The van der Waals surface area contributed by atoms with Gasteiger partial charge in [0.2, 0.25) is 5.91 Å². The van der Waals surface area contributed by atoms with Crippen LogP contribution in [0, 0.1) is 0 Å². The summed E-state index contributed by atoms with van der Waals surface area (Å²) in [6.45, 7) is 0.831. The number of esters is 2. The van der Waals surface area contributed by atoms with Gasteiger partial charge in [0.05, 0.1) is 24.4 Å². The number of amides is 1. The normalized spacial score (nSPS) is 14.8. The van der Waals surface area contributed by atoms with Crippen molar-refractivity contribution in [1.82, 2.24) is 5.32 Å². The van der Waals surface area contributed by atoms with Gasteiger partial charge in [-0.15, -0.1) is 0 Å². The maximum absolute atomic E-state index is 11.5. The molecule has 0 aromatic rings. The number of rotatable bonds is 8. The van der Waals surface area contributed by atoms with Crippen LogP contribution in [0.15, 0.2) is 11.1 Å². The molecule has 0 radical (unpaired) electrons. The minimum absolute atomic E-state index is 0.00516. The van der Waals surface area contributed by atoms with Crippen LogP contribution >= 0.6 is 0 Å². The van der Waals surface area contributed by atoms with Crippen molar-refractivity contribution in [2.45, 2.75) is 12.8 Å². The molecule has 0 fully saturated rings. The van der Waals surface area contributed by atoms with Crippen LogP contribution in [-0.4, -0.2) is 51.8 Å². The second-order valence-electron chi connectivity index (χ2n) is 3.91. The van der Waals surface area contributed by atoms with E-state index < -0.39 is 11.9 Å². The van der Waals surface area contributed by atoms with E-state index in [-0.39, 0.29) is 36.5 Å². The highest BCUT2D eigenvalue weighted by Crippen LogP contribution is 2.21. The number of carbonyl (C=O) groups is 3. The molecular weight excluding hydrogens is 254 g/mol. The summed E-state index contributed by atoms with van der Waals surface area (Å²) in [5, 5.41) is 2.63. The van der Waals surface area contributed by atoms with E-state index in [1.54, 1.807) is 0 Å². The van der Waals surface area contributed by atoms with Gasteiger partial charge >= 0.3 is 11.9 Å². The third kappa shape index (κ3) is 4.46. The minimum Gasteiger partial charge on any atom is -0.386 e. The fourth-order valence-corrected chi connectivity index (χ4v) is 1.62. The van der Waals surface area contributed by atoms with E-state index in [2.05, 4.69) is 10.1 Å². The third-order valence-electron chi connectivity index (χ3n) is 2.56. The zero-order valence-corrected chi connectivity index (χ0v) is 11.0. The third-order valence-corrected chi connectivity index (χ3v) is 2.56. The summed E-state index contributed by atoms with van der Waals surface area (Å²) in [6.07, 6.45) is 0.261. The number of nitrogens with one attached hydrogen (secondary N) is 1. The number of hydrogen-bond acceptors (Lipinski definition) is 6. The Bertz CT molecular complexity index is 401. The second-order valence-corrected chi connectivity index (χ2v) is 3.91. The van der Waals surface area contributed by atoms with Gasteiger partial charge in [-0.3, -0.25) is 4.79 Å². The first-order chi connectivity index (χ1) is 9.10. The SMILES string of the molecule is COCCNC(=O)CCC1=C(COC)C(=O)OC1=O. The topological polar surface area (TPSA) is 90.9 Å². The highest BCUT2D eigenvalue weighted by molar-refractivity contribution is 6.12. The molecule has 1 aliphatic heterocycles. The molecule has 0 bridgehead atoms. The highest BCUT2D eigenvalue weighted by Gasteiger charge is 2.32. The average Bonchev–Trinajstić information content (AvgIpc) is 2.63. The predicted molar refractivity (Wildman–Crippen MR) is 64.1 cm³/mol. The van der Waals surface area contributed by atoms with Crippen LogP contribution in [0.4, 0.5) is 0 Å². The summed E-state index contributed by atoms with van der Waals surface area (Å²) >= 11 is 0. The lowest BCUT2D eigenvalue weighted by Crippen LogP contribution is -2.26. The molecule has 1 rings (SSSR count). The van der Waals surface area contributed by atoms with Crippen molar-refractivity contribution in [3.05, 3.63) is 11.1 Å². The molecule has 0 aliphatic carbocycles. The van der Waals surface area contributed by atoms with Crippen LogP contribution in [0.2, 0.25) is 0 Å². The van der Waals surface area contributed by atoms with Gasteiger partial charge in [0.25, 0.3) is 0 Å². The van der Waals surface area contributed by atoms with Gasteiger partial charge in [-0.05, 0) is 6.42 Å². The van der Waals surface area contributed by atoms with Crippen LogP contribution in [0.1, 0.15) is 12.8 Å². The average molecular weight is 271 g/mol. The first-order valence-electron chi connectivity index (χ1n) is 5.83. The summed E-state index contributed by atoms with van der Waals surface area (Å²) in [7, 11) is 2.95. The Morgan fingerprint density at radius 1 is 1.16 bits per heavy atom. The zero-order chi connectivity index (χ0) is 14.3. The second kappa shape index (κ2) is 7.65. The molecule has 0 aromatic carbocycles. The lowest BCUT2D eigenvalue weighted by atomic mass is 10.1. The van der Waals surface area contributed by atoms with Gasteiger partial charge in [0, 0.05) is 27.2 Å². The molecule has 106 valence electrons. The van der Waals surface area contributed by atoms with Crippen molar-refractivity contribution in [2.75, 3.05) is 34.0 Å². The van der Waals surface area contributed by atoms with E-state index in [0.29, 0.717) is 13.2 Å². The molecule has 1 heterocycles. The lowest BCUT2D eigenvalue weighted by molar-refractivity contribution is -0.151. The molecule has 0 atom stereocenters. The summed E-state index contributed by atoms with van der Waals surface area (Å²) in [5.41, 5.74) is 0.408. The molecule has 0 unspecified atom stereocenters. The minimum atomic E-state index is -0.693. The van der Waals surface area contributed by atoms with E-state index >= 15 is 0 Å². The summed E-state index contributed by atoms with van der Waals surface area (Å²) in [6, 6.07) is 0. The van der Waals surface area contributed by atoms with E-state index in [1.807, 2.05) is 0 Å². The van der Waals surface area contributed by atoms with Crippen LogP contribution in [0.25, 0.3) is 0 Å². The molecule has 7 nitrogen and oxygen atoms in total. The van der Waals surface area contributed by atoms with Crippen molar-refractivity contribution >= 4 is 17.8 Å². The molecule has 0 spiro atoms. The van der Waals surface area contributed by atoms with Gasteiger partial charge in [-0.2, -0.15) is 0 Å². The first-order valence-corrected chi connectivity index (χ1v) is 5.83. The summed E-state index contributed by atoms with van der Waals surface area (Å²) in [4.78, 5) is 34.2. The maximum Gasteiger partial charge on any atom is 0.344 e. The van der Waals surface area contributed by atoms with E-state index in [0.717, 1.165) is 0 Å². The number of hydrogen-bond donors (Lipinski definition) is 1. The maximum atomic E-state index is 11.5. The van der Waals surface area contributed by atoms with Crippen LogP contribution < -0.4 is 5.32 Å². The fourth-order valence-electron chi connectivity index (χ4n) is 1.62. The number of ether oxygens (including phenoxy) is 3. The summed E-state index contributed by atoms with van der Waals surface area (Å²) < 4.78 is 14.1. The Morgan fingerprint density at radius 3 is 2.47 bits per heavy atom. The van der Waals surface area contributed by atoms with Gasteiger partial charge in [0.1, 0.15) is 0 Å². The smallest absolute Gasteiger partial charge is 0.344 e. The number of cyclic esters (lactones) is 2. The number of methoxy groups -OCH3 is 2. The largest absolute Gasteiger partial charge is 0.386 e. The van der Waals surface area contributed by atoms with Crippen LogP contribution in [0.5, 0.6) is 0 Å². The Balaban J connectivity index is 2.51. The quantitative estimate of drug-likeness (QED) is 0.365. The number of carbonyl (C=O) groups excluding carboxylic acids is 3. The van der Waals surface area contributed by atoms with Crippen molar-refractivity contribution in [1.29, 1.82) is 0 Å². The molecule has 0 saturated heterocycles. The van der Waals surface area contributed by atoms with E-state index in [9.17, 15) is 14.4 Å². The molecule has 1 amide bonds.